The molecule has 7 heteroatoms. The quantitative estimate of drug-likeness (QED) is 0.532. The molecule has 0 aliphatic rings. The van der Waals surface area contributed by atoms with Crippen LogP contribution in [0.3, 0.4) is 0 Å². The smallest absolute Gasteiger partial charge is 0.260 e. The number of aromatic amines is 1. The maximum Gasteiger partial charge on any atom is 0.260 e. The van der Waals surface area contributed by atoms with Crippen LogP contribution >= 0.6 is 39.0 Å². The summed E-state index contributed by atoms with van der Waals surface area (Å²) >= 11 is 6.04. The maximum atomic E-state index is 12.3. The Balaban J connectivity index is 2.10. The number of benzene rings is 1. The van der Waals surface area contributed by atoms with Crippen molar-refractivity contribution in [2.45, 2.75) is 5.16 Å². The van der Waals surface area contributed by atoms with Crippen LogP contribution in [0.1, 0.15) is 0 Å². The van der Waals surface area contributed by atoms with E-state index in [-0.39, 0.29) is 5.56 Å². The molecule has 1 aromatic carbocycles. The van der Waals surface area contributed by atoms with E-state index < -0.39 is 6.67 Å². The van der Waals surface area contributed by atoms with Crippen LogP contribution in [0.25, 0.3) is 21.3 Å². The monoisotopic (exact) mass is 384 g/mol. The number of nitrogens with zero attached hydrogens (tertiary/aromatic N) is 1. The highest BCUT2D eigenvalue weighted by Crippen LogP contribution is 2.32. The molecule has 21 heavy (non-hydrogen) atoms. The van der Waals surface area contributed by atoms with Crippen LogP contribution < -0.4 is 5.56 Å². The molecule has 0 aliphatic carbocycles. The Morgan fingerprint density at radius 3 is 2.81 bits per heavy atom. The van der Waals surface area contributed by atoms with Gasteiger partial charge in [-0.2, -0.15) is 0 Å². The standard InChI is InChI=1S/C14H10BrFN2OS2/c15-9-3-1-8(2-4-9)10-7-21-13-11(10)12(19)17-14(18-13)20-6-5-16/h1-4,7H,5-6H2,(H,17,18,19). The number of fused-ring (bicyclic) bond motifs is 1. The molecule has 108 valence electrons. The summed E-state index contributed by atoms with van der Waals surface area (Å²) in [5.74, 6) is 0.291. The van der Waals surface area contributed by atoms with Crippen LogP contribution in [0.5, 0.6) is 0 Å². The largest absolute Gasteiger partial charge is 0.301 e. The van der Waals surface area contributed by atoms with Crippen LogP contribution in [0, 0.1) is 0 Å². The fraction of sp³-hybridized carbons (Fsp3) is 0.143. The minimum atomic E-state index is -0.443. The van der Waals surface area contributed by atoms with Gasteiger partial charge >= 0.3 is 0 Å². The number of hydrogen-bond acceptors (Lipinski definition) is 4. The Morgan fingerprint density at radius 1 is 1.33 bits per heavy atom. The van der Waals surface area contributed by atoms with Gasteiger partial charge in [-0.15, -0.1) is 11.3 Å². The summed E-state index contributed by atoms with van der Waals surface area (Å²) < 4.78 is 13.2. The maximum absolute atomic E-state index is 12.3. The van der Waals surface area contributed by atoms with Crippen molar-refractivity contribution < 1.29 is 4.39 Å². The Labute approximate surface area is 136 Å². The molecule has 3 rings (SSSR count). The zero-order chi connectivity index (χ0) is 14.8. The zero-order valence-electron chi connectivity index (χ0n) is 10.7. The first-order valence-electron chi connectivity index (χ1n) is 6.15. The number of hydrogen-bond donors (Lipinski definition) is 1. The first-order chi connectivity index (χ1) is 10.2. The predicted molar refractivity (Wildman–Crippen MR) is 90.1 cm³/mol. The van der Waals surface area contributed by atoms with Crippen molar-refractivity contribution in [2.24, 2.45) is 0 Å². The number of nitrogens with one attached hydrogen (secondary N) is 1. The lowest BCUT2D eigenvalue weighted by molar-refractivity contribution is 0.532. The molecule has 0 saturated carbocycles. The summed E-state index contributed by atoms with van der Waals surface area (Å²) in [7, 11) is 0. The Kier molecular flexibility index (Phi) is 4.42. The number of alkyl halides is 1. The molecule has 0 amide bonds. The second-order valence-corrected chi connectivity index (χ2v) is 7.10. The van der Waals surface area contributed by atoms with E-state index >= 15 is 0 Å². The Morgan fingerprint density at radius 2 is 2.10 bits per heavy atom. The topological polar surface area (TPSA) is 45.8 Å². The second kappa shape index (κ2) is 6.29. The average molecular weight is 385 g/mol. The van der Waals surface area contributed by atoms with Gasteiger partial charge in [0.15, 0.2) is 5.16 Å². The number of halogens is 2. The Hall–Kier alpha value is -1.18. The van der Waals surface area contributed by atoms with Crippen molar-refractivity contribution in [1.29, 1.82) is 0 Å². The lowest BCUT2D eigenvalue weighted by Gasteiger charge is -2.01. The lowest BCUT2D eigenvalue weighted by atomic mass is 10.1. The van der Waals surface area contributed by atoms with Gasteiger partial charge in [0.2, 0.25) is 0 Å². The molecule has 0 radical (unpaired) electrons. The molecule has 3 aromatic rings. The van der Waals surface area contributed by atoms with E-state index in [1.807, 2.05) is 29.6 Å². The minimum Gasteiger partial charge on any atom is -0.301 e. The number of H-pyrrole nitrogens is 1. The molecular weight excluding hydrogens is 375 g/mol. The van der Waals surface area contributed by atoms with Gasteiger partial charge in [-0.1, -0.05) is 39.8 Å². The second-order valence-electron chi connectivity index (χ2n) is 4.24. The highest BCUT2D eigenvalue weighted by atomic mass is 79.9. The molecular formula is C14H10BrFN2OS2. The van der Waals surface area contributed by atoms with E-state index in [0.29, 0.717) is 21.1 Å². The summed E-state index contributed by atoms with van der Waals surface area (Å²) in [6.45, 7) is -0.443. The fourth-order valence-corrected chi connectivity index (χ4v) is 3.84. The van der Waals surface area contributed by atoms with Gasteiger partial charge in [-0.3, -0.25) is 9.18 Å². The molecule has 0 saturated heterocycles. The van der Waals surface area contributed by atoms with Crippen LogP contribution in [-0.2, 0) is 0 Å². The van der Waals surface area contributed by atoms with E-state index in [4.69, 9.17) is 0 Å². The zero-order valence-corrected chi connectivity index (χ0v) is 13.9. The van der Waals surface area contributed by atoms with Gasteiger partial charge in [0.25, 0.3) is 5.56 Å². The highest BCUT2D eigenvalue weighted by molar-refractivity contribution is 9.10. The molecule has 0 unspecified atom stereocenters. The van der Waals surface area contributed by atoms with E-state index in [1.54, 1.807) is 0 Å². The minimum absolute atomic E-state index is 0.180. The summed E-state index contributed by atoms with van der Waals surface area (Å²) in [4.78, 5) is 20.1. The molecule has 3 nitrogen and oxygen atoms in total. The first kappa shape index (κ1) is 14.7. The van der Waals surface area contributed by atoms with Crippen LogP contribution in [-0.4, -0.2) is 22.4 Å². The SMILES string of the molecule is O=c1[nH]c(SCCF)nc2scc(-c3ccc(Br)cc3)c12. The third-order valence-corrected chi connectivity index (χ3v) is 5.12. The van der Waals surface area contributed by atoms with Crippen molar-refractivity contribution in [1.82, 2.24) is 9.97 Å². The highest BCUT2D eigenvalue weighted by Gasteiger charge is 2.13. The average Bonchev–Trinajstić information content (AvgIpc) is 2.90. The van der Waals surface area contributed by atoms with E-state index in [9.17, 15) is 9.18 Å². The van der Waals surface area contributed by atoms with Crippen LogP contribution in [0.4, 0.5) is 4.39 Å². The molecule has 2 aromatic heterocycles. The third-order valence-electron chi connectivity index (χ3n) is 2.89. The van der Waals surface area contributed by atoms with Crippen molar-refractivity contribution in [3.63, 3.8) is 0 Å². The number of thioether (sulfide) groups is 1. The van der Waals surface area contributed by atoms with Crippen molar-refractivity contribution in [3.05, 3.63) is 44.5 Å². The normalized spacial score (nSPS) is 11.1. The first-order valence-corrected chi connectivity index (χ1v) is 8.81. The number of thiophene rings is 1. The molecule has 2 heterocycles. The predicted octanol–water partition coefficient (Wildman–Crippen LogP) is 4.48. The Bertz CT molecular complexity index is 829. The molecule has 0 fully saturated rings. The van der Waals surface area contributed by atoms with Gasteiger partial charge in [0.1, 0.15) is 4.83 Å². The number of rotatable bonds is 4. The van der Waals surface area contributed by atoms with Crippen LogP contribution in [0.15, 0.2) is 44.1 Å². The molecule has 1 N–H and O–H groups in total. The summed E-state index contributed by atoms with van der Waals surface area (Å²) in [5.41, 5.74) is 1.67. The summed E-state index contributed by atoms with van der Waals surface area (Å²) in [6.07, 6.45) is 0. The lowest BCUT2D eigenvalue weighted by Crippen LogP contribution is -2.08. The van der Waals surface area contributed by atoms with E-state index in [2.05, 4.69) is 25.9 Å². The molecule has 0 spiro atoms. The van der Waals surface area contributed by atoms with E-state index in [1.165, 1.54) is 23.1 Å². The molecule has 0 atom stereocenters. The van der Waals surface area contributed by atoms with Gasteiger partial charge in [-0.25, -0.2) is 4.98 Å². The fourth-order valence-electron chi connectivity index (χ4n) is 1.97. The van der Waals surface area contributed by atoms with Gasteiger partial charge in [0, 0.05) is 21.2 Å². The van der Waals surface area contributed by atoms with Gasteiger partial charge in [-0.05, 0) is 17.7 Å². The van der Waals surface area contributed by atoms with Crippen LogP contribution in [0.2, 0.25) is 0 Å². The van der Waals surface area contributed by atoms with Gasteiger partial charge < -0.3 is 4.98 Å². The van der Waals surface area contributed by atoms with Gasteiger partial charge in [0.05, 0.1) is 12.1 Å². The number of aromatic nitrogens is 2. The third kappa shape index (κ3) is 3.04. The van der Waals surface area contributed by atoms with Crippen molar-refractivity contribution in [3.8, 4) is 11.1 Å². The molecule has 0 aliphatic heterocycles. The summed E-state index contributed by atoms with van der Waals surface area (Å²) in [5, 5.41) is 2.99. The van der Waals surface area contributed by atoms with Crippen molar-refractivity contribution >= 4 is 49.2 Å². The molecule has 0 bridgehead atoms. The summed E-state index contributed by atoms with van der Waals surface area (Å²) in [6, 6.07) is 7.78. The van der Waals surface area contributed by atoms with Crippen molar-refractivity contribution in [2.75, 3.05) is 12.4 Å². The van der Waals surface area contributed by atoms with E-state index in [0.717, 1.165) is 15.6 Å².